The molecule has 0 bridgehead atoms. The number of halogens is 2. The molecule has 1 aromatic carbocycles. The summed E-state index contributed by atoms with van der Waals surface area (Å²) >= 11 is 1.39. The number of nitrogens with one attached hydrogen (secondary N) is 1. The van der Waals surface area contributed by atoms with Gasteiger partial charge in [-0.2, -0.15) is 0 Å². The van der Waals surface area contributed by atoms with E-state index in [0.29, 0.717) is 0 Å². The summed E-state index contributed by atoms with van der Waals surface area (Å²) < 4.78 is 53.7. The molecule has 0 saturated carbocycles. The third-order valence-electron chi connectivity index (χ3n) is 2.93. The first-order valence-corrected chi connectivity index (χ1v) is 8.51. The van der Waals surface area contributed by atoms with Gasteiger partial charge in [-0.25, -0.2) is 21.9 Å². The fourth-order valence-electron chi connectivity index (χ4n) is 1.91. The smallest absolute Gasteiger partial charge is 0.246 e. The molecular formula is C13H14F2N2O2S2. The Kier molecular flexibility index (Phi) is 4.60. The summed E-state index contributed by atoms with van der Waals surface area (Å²) in [6.45, 7) is 1.94. The normalized spacial score (nSPS) is 11.8. The van der Waals surface area contributed by atoms with Crippen LogP contribution in [0.1, 0.15) is 17.4 Å². The Hall–Kier alpha value is -1.51. The summed E-state index contributed by atoms with van der Waals surface area (Å²) in [6, 6.07) is 3.44. The Morgan fingerprint density at radius 1 is 1.29 bits per heavy atom. The van der Waals surface area contributed by atoms with Crippen molar-refractivity contribution in [1.82, 2.24) is 4.72 Å². The van der Waals surface area contributed by atoms with Crippen molar-refractivity contribution in [2.45, 2.75) is 24.8 Å². The molecule has 3 N–H and O–H groups in total. The van der Waals surface area contributed by atoms with Crippen LogP contribution in [-0.2, 0) is 23.0 Å². The highest BCUT2D eigenvalue weighted by Gasteiger charge is 2.24. The van der Waals surface area contributed by atoms with Crippen LogP contribution in [0.3, 0.4) is 0 Å². The number of nitrogens with two attached hydrogens (primary N) is 1. The molecular weight excluding hydrogens is 318 g/mol. The van der Waals surface area contributed by atoms with Crippen molar-refractivity contribution < 1.29 is 17.2 Å². The second kappa shape index (κ2) is 6.08. The average Bonchev–Trinajstić information content (AvgIpc) is 2.82. The molecule has 2 rings (SSSR count). The van der Waals surface area contributed by atoms with Crippen molar-refractivity contribution >= 4 is 27.0 Å². The minimum absolute atomic E-state index is 0.00751. The SMILES string of the molecule is CCc1ccsc1CNS(=O)(=O)c1c(F)cc(N)cc1F. The fraction of sp³-hybridized carbons (Fsp3) is 0.231. The Balaban J connectivity index is 2.27. The first-order valence-electron chi connectivity index (χ1n) is 6.14. The summed E-state index contributed by atoms with van der Waals surface area (Å²) in [5.41, 5.74) is 6.10. The van der Waals surface area contributed by atoms with Crippen molar-refractivity contribution in [2.24, 2.45) is 0 Å². The number of anilines is 1. The van der Waals surface area contributed by atoms with Gasteiger partial charge in [0.2, 0.25) is 10.0 Å². The molecule has 0 aliphatic carbocycles. The van der Waals surface area contributed by atoms with Crippen LogP contribution >= 0.6 is 11.3 Å². The molecule has 0 aliphatic rings. The topological polar surface area (TPSA) is 72.2 Å². The van der Waals surface area contributed by atoms with E-state index >= 15 is 0 Å². The second-order valence-corrected chi connectivity index (χ2v) is 7.07. The van der Waals surface area contributed by atoms with Crippen LogP contribution in [0.15, 0.2) is 28.5 Å². The number of aryl methyl sites for hydroxylation is 1. The Morgan fingerprint density at radius 3 is 2.48 bits per heavy atom. The number of benzene rings is 1. The predicted octanol–water partition coefficient (Wildman–Crippen LogP) is 2.65. The number of sulfonamides is 1. The highest BCUT2D eigenvalue weighted by molar-refractivity contribution is 7.89. The first kappa shape index (κ1) is 15.9. The molecule has 0 spiro atoms. The summed E-state index contributed by atoms with van der Waals surface area (Å²) in [5, 5.41) is 1.84. The van der Waals surface area contributed by atoms with Crippen LogP contribution in [0, 0.1) is 11.6 Å². The van der Waals surface area contributed by atoms with E-state index in [1.807, 2.05) is 18.4 Å². The largest absolute Gasteiger partial charge is 0.399 e. The average molecular weight is 332 g/mol. The standard InChI is InChI=1S/C13H14F2N2O2S2/c1-2-8-3-4-20-12(8)7-17-21(18,19)13-10(14)5-9(16)6-11(13)15/h3-6,17H,2,7,16H2,1H3. The minimum atomic E-state index is -4.29. The Labute approximate surface area is 125 Å². The van der Waals surface area contributed by atoms with Gasteiger partial charge in [0.05, 0.1) is 0 Å². The highest BCUT2D eigenvalue weighted by atomic mass is 32.2. The van der Waals surface area contributed by atoms with Crippen molar-refractivity contribution in [3.8, 4) is 0 Å². The van der Waals surface area contributed by atoms with E-state index in [9.17, 15) is 17.2 Å². The van der Waals surface area contributed by atoms with E-state index in [2.05, 4.69) is 4.72 Å². The summed E-state index contributed by atoms with van der Waals surface area (Å²) in [7, 11) is -4.29. The van der Waals surface area contributed by atoms with E-state index in [1.165, 1.54) is 11.3 Å². The molecule has 0 unspecified atom stereocenters. The lowest BCUT2D eigenvalue weighted by Crippen LogP contribution is -2.25. The molecule has 1 aromatic heterocycles. The predicted molar refractivity (Wildman–Crippen MR) is 78.5 cm³/mol. The summed E-state index contributed by atoms with van der Waals surface area (Å²) in [5.74, 6) is -2.41. The maximum atomic E-state index is 13.7. The van der Waals surface area contributed by atoms with Gasteiger partial charge in [0, 0.05) is 17.1 Å². The van der Waals surface area contributed by atoms with Crippen LogP contribution in [0.4, 0.5) is 14.5 Å². The molecule has 0 saturated heterocycles. The molecule has 8 heteroatoms. The zero-order chi connectivity index (χ0) is 15.6. The van der Waals surface area contributed by atoms with E-state index in [-0.39, 0.29) is 12.2 Å². The zero-order valence-corrected chi connectivity index (χ0v) is 12.8. The van der Waals surface area contributed by atoms with Gasteiger partial charge < -0.3 is 5.73 Å². The van der Waals surface area contributed by atoms with Crippen LogP contribution in [0.2, 0.25) is 0 Å². The second-order valence-electron chi connectivity index (χ2n) is 4.36. The highest BCUT2D eigenvalue weighted by Crippen LogP contribution is 2.23. The molecule has 0 radical (unpaired) electrons. The van der Waals surface area contributed by atoms with Gasteiger partial charge >= 0.3 is 0 Å². The molecule has 21 heavy (non-hydrogen) atoms. The zero-order valence-electron chi connectivity index (χ0n) is 11.2. The van der Waals surface area contributed by atoms with Gasteiger partial charge in [0.1, 0.15) is 11.6 Å². The monoisotopic (exact) mass is 332 g/mol. The van der Waals surface area contributed by atoms with Gasteiger partial charge in [-0.05, 0) is 35.6 Å². The molecule has 0 atom stereocenters. The van der Waals surface area contributed by atoms with Crippen LogP contribution in [-0.4, -0.2) is 8.42 Å². The van der Waals surface area contributed by atoms with Gasteiger partial charge in [-0.1, -0.05) is 6.92 Å². The Bertz CT molecular complexity index is 734. The third-order valence-corrected chi connectivity index (χ3v) is 5.35. The van der Waals surface area contributed by atoms with E-state index in [1.54, 1.807) is 0 Å². The third kappa shape index (κ3) is 3.39. The van der Waals surface area contributed by atoms with Crippen molar-refractivity contribution in [2.75, 3.05) is 5.73 Å². The lowest BCUT2D eigenvalue weighted by Gasteiger charge is -2.09. The van der Waals surface area contributed by atoms with Gasteiger partial charge in [-0.3, -0.25) is 0 Å². The quantitative estimate of drug-likeness (QED) is 0.827. The molecule has 4 nitrogen and oxygen atoms in total. The molecule has 0 aliphatic heterocycles. The molecule has 1 heterocycles. The maximum absolute atomic E-state index is 13.7. The molecule has 114 valence electrons. The van der Waals surface area contributed by atoms with Gasteiger partial charge in [-0.15, -0.1) is 11.3 Å². The molecule has 0 fully saturated rings. The van der Waals surface area contributed by atoms with Crippen molar-refractivity contribution in [3.63, 3.8) is 0 Å². The summed E-state index contributed by atoms with van der Waals surface area (Å²) in [6.07, 6.45) is 0.755. The fourth-order valence-corrected chi connectivity index (χ4v) is 4.02. The number of thiophene rings is 1. The van der Waals surface area contributed by atoms with Gasteiger partial charge in [0.15, 0.2) is 4.90 Å². The molecule has 0 amide bonds. The lowest BCUT2D eigenvalue weighted by molar-refractivity contribution is 0.515. The minimum Gasteiger partial charge on any atom is -0.399 e. The number of nitrogen functional groups attached to an aromatic ring is 1. The first-order chi connectivity index (χ1) is 9.85. The van der Waals surface area contributed by atoms with Crippen LogP contribution in [0.5, 0.6) is 0 Å². The molecule has 2 aromatic rings. The van der Waals surface area contributed by atoms with E-state index in [4.69, 9.17) is 5.73 Å². The maximum Gasteiger partial charge on any atom is 0.246 e. The summed E-state index contributed by atoms with van der Waals surface area (Å²) in [4.78, 5) is -0.191. The Morgan fingerprint density at radius 2 is 1.90 bits per heavy atom. The number of hydrogen-bond donors (Lipinski definition) is 2. The van der Waals surface area contributed by atoms with Crippen molar-refractivity contribution in [1.29, 1.82) is 0 Å². The number of rotatable bonds is 5. The van der Waals surface area contributed by atoms with Crippen LogP contribution in [0.25, 0.3) is 0 Å². The number of hydrogen-bond acceptors (Lipinski definition) is 4. The van der Waals surface area contributed by atoms with Crippen LogP contribution < -0.4 is 10.5 Å². The lowest BCUT2D eigenvalue weighted by atomic mass is 10.2. The van der Waals surface area contributed by atoms with Gasteiger partial charge in [0.25, 0.3) is 0 Å². The van der Waals surface area contributed by atoms with Crippen molar-refractivity contribution in [3.05, 3.63) is 45.7 Å². The van der Waals surface area contributed by atoms with E-state index in [0.717, 1.165) is 29.0 Å². The van der Waals surface area contributed by atoms with E-state index < -0.39 is 26.6 Å².